The molecule has 2 aromatic rings. The van der Waals surface area contributed by atoms with E-state index < -0.39 is 24.4 Å². The van der Waals surface area contributed by atoms with Gasteiger partial charge in [-0.3, -0.25) is 9.59 Å². The van der Waals surface area contributed by atoms with E-state index in [1.54, 1.807) is 25.3 Å². The van der Waals surface area contributed by atoms with E-state index >= 15 is 0 Å². The highest BCUT2D eigenvalue weighted by atomic mass is 19.3. The molecule has 8 nitrogen and oxygen atoms in total. The smallest absolute Gasteiger partial charge is 0.273 e. The maximum Gasteiger partial charge on any atom is 0.273 e. The van der Waals surface area contributed by atoms with Crippen molar-refractivity contribution in [1.82, 2.24) is 20.2 Å². The minimum atomic E-state index is -2.98. The first kappa shape index (κ1) is 23.8. The number of nitrogens with one attached hydrogen (secondary N) is 2. The van der Waals surface area contributed by atoms with Crippen molar-refractivity contribution < 1.29 is 18.4 Å². The molecule has 2 fully saturated rings. The third-order valence-electron chi connectivity index (χ3n) is 6.30. The average molecular weight is 473 g/mol. The summed E-state index contributed by atoms with van der Waals surface area (Å²) < 4.78 is 28.4. The second-order valence-electron chi connectivity index (χ2n) is 9.00. The maximum absolute atomic E-state index is 14.2. The molecule has 0 unspecified atom stereocenters. The zero-order chi connectivity index (χ0) is 24.3. The predicted octanol–water partition coefficient (Wildman–Crippen LogP) is 3.50. The van der Waals surface area contributed by atoms with Crippen molar-refractivity contribution in [3.05, 3.63) is 41.7 Å². The summed E-state index contributed by atoms with van der Waals surface area (Å²) >= 11 is 0. The first-order chi connectivity index (χ1) is 16.2. The Labute approximate surface area is 197 Å². The normalized spacial score (nSPS) is 19.7. The molecule has 0 bridgehead atoms. The largest absolute Gasteiger partial charge is 0.371 e. The van der Waals surface area contributed by atoms with Crippen LogP contribution in [0.4, 0.5) is 26.1 Å². The highest BCUT2D eigenvalue weighted by Crippen LogP contribution is 2.31. The Morgan fingerprint density at radius 1 is 1.18 bits per heavy atom. The maximum atomic E-state index is 14.2. The summed E-state index contributed by atoms with van der Waals surface area (Å²) in [5.74, 6) is -2.83. The van der Waals surface area contributed by atoms with Crippen LogP contribution in [0.1, 0.15) is 48.7 Å². The monoisotopic (exact) mass is 472 g/mol. The van der Waals surface area contributed by atoms with Gasteiger partial charge in [-0.1, -0.05) is 6.07 Å². The number of anilines is 3. The summed E-state index contributed by atoms with van der Waals surface area (Å²) in [5.41, 5.74) is 1.75. The lowest BCUT2D eigenvalue weighted by Gasteiger charge is -2.39. The van der Waals surface area contributed by atoms with Crippen LogP contribution in [-0.4, -0.2) is 64.8 Å². The fraction of sp³-hybridized carbons (Fsp3) is 0.500. The highest BCUT2D eigenvalue weighted by molar-refractivity contribution is 5.94. The fourth-order valence-electron chi connectivity index (χ4n) is 4.44. The second-order valence-corrected chi connectivity index (χ2v) is 9.00. The molecule has 2 aliphatic heterocycles. The van der Waals surface area contributed by atoms with Crippen molar-refractivity contribution in [3.63, 3.8) is 0 Å². The Bertz CT molecular complexity index is 1060. The average Bonchev–Trinajstić information content (AvgIpc) is 3.34. The Balaban J connectivity index is 1.55. The van der Waals surface area contributed by atoms with E-state index in [0.717, 1.165) is 36.5 Å². The lowest BCUT2D eigenvalue weighted by molar-refractivity contribution is -0.119. The zero-order valence-corrected chi connectivity index (χ0v) is 19.5. The van der Waals surface area contributed by atoms with Gasteiger partial charge in [0.05, 0.1) is 6.54 Å². The van der Waals surface area contributed by atoms with Gasteiger partial charge in [-0.15, -0.1) is 0 Å². The SMILES string of the molecule is CC(=O)NC[C@H]1CCC(F)(F)CN1C(=O)c1nc(Nc2cc(N3CCCC3)ccn2)ccc1C. The van der Waals surface area contributed by atoms with Crippen molar-refractivity contribution in [2.75, 3.05) is 36.4 Å². The molecule has 0 spiro atoms. The van der Waals surface area contributed by atoms with Crippen molar-refractivity contribution in [3.8, 4) is 0 Å². The number of aryl methyl sites for hydroxylation is 1. The number of likely N-dealkylation sites (tertiary alicyclic amines) is 1. The van der Waals surface area contributed by atoms with E-state index in [2.05, 4.69) is 25.5 Å². The van der Waals surface area contributed by atoms with Crippen LogP contribution in [0, 0.1) is 6.92 Å². The summed E-state index contributed by atoms with van der Waals surface area (Å²) in [6.45, 7) is 4.52. The number of pyridine rings is 2. The summed E-state index contributed by atoms with van der Waals surface area (Å²) in [4.78, 5) is 37.0. The number of hydrogen-bond acceptors (Lipinski definition) is 6. The lowest BCUT2D eigenvalue weighted by atomic mass is 9.98. The number of carbonyl (C=O) groups is 2. The van der Waals surface area contributed by atoms with Gasteiger partial charge in [0.25, 0.3) is 11.8 Å². The molecule has 2 aromatic heterocycles. The number of piperidine rings is 1. The molecular weight excluding hydrogens is 442 g/mol. The van der Waals surface area contributed by atoms with Crippen molar-refractivity contribution in [2.45, 2.75) is 51.5 Å². The number of hydrogen-bond donors (Lipinski definition) is 2. The van der Waals surface area contributed by atoms with Gasteiger partial charge in [0.15, 0.2) is 0 Å². The molecule has 4 rings (SSSR count). The van der Waals surface area contributed by atoms with Gasteiger partial charge in [-0.2, -0.15) is 0 Å². The van der Waals surface area contributed by atoms with Crippen LogP contribution in [0.25, 0.3) is 0 Å². The van der Waals surface area contributed by atoms with Crippen molar-refractivity contribution in [1.29, 1.82) is 0 Å². The molecule has 2 N–H and O–H groups in total. The van der Waals surface area contributed by atoms with Gasteiger partial charge < -0.3 is 20.4 Å². The van der Waals surface area contributed by atoms with Crippen LogP contribution in [0.5, 0.6) is 0 Å². The molecule has 182 valence electrons. The fourth-order valence-corrected chi connectivity index (χ4v) is 4.44. The lowest BCUT2D eigenvalue weighted by Crippen LogP contribution is -2.55. The number of halogens is 2. The molecule has 2 amide bonds. The second kappa shape index (κ2) is 9.90. The van der Waals surface area contributed by atoms with Crippen LogP contribution in [-0.2, 0) is 4.79 Å². The third kappa shape index (κ3) is 5.60. The van der Waals surface area contributed by atoms with E-state index in [1.165, 1.54) is 6.92 Å². The Kier molecular flexibility index (Phi) is 6.95. The molecule has 10 heteroatoms. The Morgan fingerprint density at radius 3 is 2.68 bits per heavy atom. The molecular formula is C24H30F2N6O2. The minimum Gasteiger partial charge on any atom is -0.371 e. The van der Waals surface area contributed by atoms with Crippen LogP contribution in [0.2, 0.25) is 0 Å². The van der Waals surface area contributed by atoms with Crippen molar-refractivity contribution in [2.24, 2.45) is 0 Å². The van der Waals surface area contributed by atoms with Gasteiger partial charge in [0, 0.05) is 57.0 Å². The van der Waals surface area contributed by atoms with E-state index in [1.807, 2.05) is 12.1 Å². The van der Waals surface area contributed by atoms with E-state index in [4.69, 9.17) is 0 Å². The summed E-state index contributed by atoms with van der Waals surface area (Å²) in [7, 11) is 0. The number of aromatic nitrogens is 2. The molecule has 2 aliphatic rings. The standard InChI is InChI=1S/C24H30F2N6O2/c1-16-5-6-20(29-21-13-18(8-10-27-21)31-11-3-4-12-31)30-22(16)23(34)32-15-24(25,26)9-7-19(32)14-28-17(2)33/h5-6,8,10,13,19H,3-4,7,9,11-12,14-15H2,1-2H3,(H,28,33)(H,27,29,30)/t19-/m1/s1. The number of amides is 2. The molecule has 0 aliphatic carbocycles. The quantitative estimate of drug-likeness (QED) is 0.669. The van der Waals surface area contributed by atoms with Gasteiger partial charge >= 0.3 is 0 Å². The summed E-state index contributed by atoms with van der Waals surface area (Å²) in [6, 6.07) is 6.84. The topological polar surface area (TPSA) is 90.5 Å². The predicted molar refractivity (Wildman–Crippen MR) is 126 cm³/mol. The van der Waals surface area contributed by atoms with Gasteiger partial charge in [0.1, 0.15) is 17.3 Å². The summed E-state index contributed by atoms with van der Waals surface area (Å²) in [5, 5.41) is 5.78. The number of nitrogens with zero attached hydrogens (tertiary/aromatic N) is 4. The van der Waals surface area contributed by atoms with E-state index in [9.17, 15) is 18.4 Å². The van der Waals surface area contributed by atoms with Crippen LogP contribution in [0.15, 0.2) is 30.5 Å². The van der Waals surface area contributed by atoms with Crippen LogP contribution in [0.3, 0.4) is 0 Å². The highest BCUT2D eigenvalue weighted by Gasteiger charge is 2.42. The molecule has 1 atom stereocenters. The molecule has 2 saturated heterocycles. The first-order valence-electron chi connectivity index (χ1n) is 11.6. The van der Waals surface area contributed by atoms with Crippen LogP contribution >= 0.6 is 0 Å². The minimum absolute atomic E-state index is 0.100. The molecule has 0 radical (unpaired) electrons. The Morgan fingerprint density at radius 2 is 1.94 bits per heavy atom. The van der Waals surface area contributed by atoms with Gasteiger partial charge in [0.2, 0.25) is 5.91 Å². The first-order valence-corrected chi connectivity index (χ1v) is 11.6. The third-order valence-corrected chi connectivity index (χ3v) is 6.30. The number of carbonyl (C=O) groups excluding carboxylic acids is 2. The Hall–Kier alpha value is -3.30. The van der Waals surface area contributed by atoms with Gasteiger partial charge in [-0.25, -0.2) is 18.7 Å². The number of alkyl halides is 2. The number of rotatable bonds is 6. The molecule has 4 heterocycles. The molecule has 0 aromatic carbocycles. The molecule has 0 saturated carbocycles. The van der Waals surface area contributed by atoms with Gasteiger partial charge in [-0.05, 0) is 43.9 Å². The van der Waals surface area contributed by atoms with E-state index in [0.29, 0.717) is 17.2 Å². The van der Waals surface area contributed by atoms with Crippen LogP contribution < -0.4 is 15.5 Å². The molecule has 34 heavy (non-hydrogen) atoms. The van der Waals surface area contributed by atoms with Crippen molar-refractivity contribution >= 4 is 29.1 Å². The summed E-state index contributed by atoms with van der Waals surface area (Å²) in [6.07, 6.45) is 3.82. The van der Waals surface area contributed by atoms with E-state index in [-0.39, 0.29) is 31.0 Å². The zero-order valence-electron chi connectivity index (χ0n) is 19.5.